The molecule has 0 aromatic carbocycles. The Hall–Kier alpha value is -0.420. The summed E-state index contributed by atoms with van der Waals surface area (Å²) in [5, 5.41) is 0. The maximum absolute atomic E-state index is 3.94. The highest BCUT2D eigenvalue weighted by atomic mass is 31.0. The summed E-state index contributed by atoms with van der Waals surface area (Å²) in [6.45, 7) is 0. The topological polar surface area (TPSA) is 12.9 Å². The number of hydrogen-bond donors (Lipinski definition) is 0. The van der Waals surface area contributed by atoms with Crippen molar-refractivity contribution >= 4 is 9.24 Å². The second-order valence-electron chi connectivity index (χ2n) is 1.57. The van der Waals surface area contributed by atoms with Crippen molar-refractivity contribution in [1.82, 2.24) is 4.98 Å². The zero-order valence-corrected chi connectivity index (χ0v) is 5.70. The van der Waals surface area contributed by atoms with E-state index < -0.39 is 0 Å². The molecular formula is C6H8NP. The van der Waals surface area contributed by atoms with Crippen LogP contribution in [0, 0.1) is 0 Å². The Kier molecular flexibility index (Phi) is 1.99. The minimum Gasteiger partial charge on any atom is -0.264 e. The molecular weight excluding hydrogens is 117 g/mol. The predicted octanol–water partition coefficient (Wildman–Crippen LogP) is 1.46. The van der Waals surface area contributed by atoms with E-state index in [1.807, 2.05) is 12.3 Å². The Labute approximate surface area is 51.3 Å². The van der Waals surface area contributed by atoms with Crippen molar-refractivity contribution in [3.63, 3.8) is 0 Å². The third kappa shape index (κ3) is 1.28. The van der Waals surface area contributed by atoms with E-state index in [1.54, 1.807) is 6.20 Å². The lowest BCUT2D eigenvalue weighted by Crippen LogP contribution is -1.75. The Morgan fingerprint density at radius 3 is 2.88 bits per heavy atom. The smallest absolute Gasteiger partial charge is 0.0303 e. The van der Waals surface area contributed by atoms with Crippen LogP contribution in [-0.2, 0) is 6.16 Å². The van der Waals surface area contributed by atoms with Crippen molar-refractivity contribution in [1.29, 1.82) is 0 Å². The van der Waals surface area contributed by atoms with Crippen LogP contribution >= 0.6 is 9.24 Å². The van der Waals surface area contributed by atoms with Gasteiger partial charge in [0.1, 0.15) is 0 Å². The predicted molar refractivity (Wildman–Crippen MR) is 37.7 cm³/mol. The summed E-state index contributed by atoms with van der Waals surface area (Å²) in [5.74, 6) is 0. The van der Waals surface area contributed by atoms with Crippen LogP contribution in [-0.4, -0.2) is 4.98 Å². The largest absolute Gasteiger partial charge is 0.264 e. The second-order valence-corrected chi connectivity index (χ2v) is 1.97. The molecule has 8 heavy (non-hydrogen) atoms. The lowest BCUT2D eigenvalue weighted by atomic mass is 10.3. The fraction of sp³-hybridized carbons (Fsp3) is 0.167. The average Bonchev–Trinajstić information content (AvgIpc) is 1.90. The van der Waals surface area contributed by atoms with E-state index in [4.69, 9.17) is 0 Å². The van der Waals surface area contributed by atoms with Gasteiger partial charge in [-0.2, -0.15) is 0 Å². The first-order valence-corrected chi connectivity index (χ1v) is 3.34. The zero-order chi connectivity index (χ0) is 5.82. The van der Waals surface area contributed by atoms with E-state index in [9.17, 15) is 0 Å². The van der Waals surface area contributed by atoms with Gasteiger partial charge in [-0.3, -0.25) is 4.98 Å². The van der Waals surface area contributed by atoms with Crippen LogP contribution < -0.4 is 0 Å². The van der Waals surface area contributed by atoms with Crippen LogP contribution in [0.2, 0.25) is 0 Å². The Bertz CT molecular complexity index is 150. The lowest BCUT2D eigenvalue weighted by molar-refractivity contribution is 1.25. The van der Waals surface area contributed by atoms with Crippen LogP contribution in [0.1, 0.15) is 5.56 Å². The molecule has 0 N–H and O–H groups in total. The third-order valence-corrected chi connectivity index (χ3v) is 1.43. The molecule has 0 aliphatic heterocycles. The molecule has 1 unspecified atom stereocenters. The molecule has 1 atom stereocenters. The number of hydrogen-bond acceptors (Lipinski definition) is 1. The molecule has 1 aromatic rings. The maximum atomic E-state index is 3.94. The molecule has 0 spiro atoms. The number of nitrogens with zero attached hydrogens (tertiary/aromatic N) is 1. The first-order valence-electron chi connectivity index (χ1n) is 2.52. The molecule has 1 rings (SSSR count). The summed E-state index contributed by atoms with van der Waals surface area (Å²) in [6, 6.07) is 4.00. The molecule has 0 aliphatic rings. The van der Waals surface area contributed by atoms with Gasteiger partial charge >= 0.3 is 0 Å². The van der Waals surface area contributed by atoms with Crippen LogP contribution in [0.15, 0.2) is 24.5 Å². The van der Waals surface area contributed by atoms with Gasteiger partial charge in [-0.05, 0) is 17.8 Å². The first-order chi connectivity index (χ1) is 3.93. The van der Waals surface area contributed by atoms with Crippen molar-refractivity contribution in [2.75, 3.05) is 0 Å². The van der Waals surface area contributed by atoms with Crippen LogP contribution in [0.5, 0.6) is 0 Å². The molecule has 1 nitrogen and oxygen atoms in total. The molecule has 0 aliphatic carbocycles. The highest BCUT2D eigenvalue weighted by Crippen LogP contribution is 2.00. The summed E-state index contributed by atoms with van der Waals surface area (Å²) in [6.07, 6.45) is 4.64. The van der Waals surface area contributed by atoms with Crippen molar-refractivity contribution in [3.05, 3.63) is 30.1 Å². The molecule has 0 fully saturated rings. The summed E-state index contributed by atoms with van der Waals surface area (Å²) >= 11 is 0. The molecule has 42 valence electrons. The third-order valence-electron chi connectivity index (χ3n) is 0.958. The standard InChI is InChI=1S/C6H8NP/c8-5-6-2-1-3-7-4-6/h1-4H,5,8H2. The van der Waals surface area contributed by atoms with Gasteiger partial charge in [-0.1, -0.05) is 6.07 Å². The molecule has 0 bridgehead atoms. The van der Waals surface area contributed by atoms with Gasteiger partial charge in [-0.25, -0.2) is 0 Å². The molecule has 1 aromatic heterocycles. The van der Waals surface area contributed by atoms with E-state index in [-0.39, 0.29) is 0 Å². The van der Waals surface area contributed by atoms with Gasteiger partial charge in [0.25, 0.3) is 0 Å². The number of aromatic nitrogens is 1. The zero-order valence-electron chi connectivity index (χ0n) is 4.54. The summed E-state index contributed by atoms with van der Waals surface area (Å²) < 4.78 is 0. The Morgan fingerprint density at radius 1 is 1.62 bits per heavy atom. The van der Waals surface area contributed by atoms with Crippen molar-refractivity contribution in [3.8, 4) is 0 Å². The Balaban J connectivity index is 2.83. The molecule has 0 saturated carbocycles. The lowest BCUT2D eigenvalue weighted by Gasteiger charge is -1.88. The first kappa shape index (κ1) is 5.71. The molecule has 0 radical (unpaired) electrons. The van der Waals surface area contributed by atoms with E-state index >= 15 is 0 Å². The van der Waals surface area contributed by atoms with Crippen molar-refractivity contribution < 1.29 is 0 Å². The van der Waals surface area contributed by atoms with Gasteiger partial charge < -0.3 is 0 Å². The average molecular weight is 125 g/mol. The van der Waals surface area contributed by atoms with Gasteiger partial charge in [0.05, 0.1) is 0 Å². The molecule has 2 heteroatoms. The van der Waals surface area contributed by atoms with Gasteiger partial charge in [0, 0.05) is 12.4 Å². The highest BCUT2D eigenvalue weighted by molar-refractivity contribution is 7.15. The van der Waals surface area contributed by atoms with Crippen LogP contribution in [0.3, 0.4) is 0 Å². The normalized spacial score (nSPS) is 9.12. The van der Waals surface area contributed by atoms with E-state index in [0.29, 0.717) is 0 Å². The minimum absolute atomic E-state index is 0.994. The fourth-order valence-corrected chi connectivity index (χ4v) is 0.760. The fourth-order valence-electron chi connectivity index (χ4n) is 0.519. The van der Waals surface area contributed by atoms with Crippen molar-refractivity contribution in [2.24, 2.45) is 0 Å². The van der Waals surface area contributed by atoms with Gasteiger partial charge in [0.2, 0.25) is 0 Å². The molecule has 0 saturated heterocycles. The van der Waals surface area contributed by atoms with E-state index in [2.05, 4.69) is 20.3 Å². The highest BCUT2D eigenvalue weighted by Gasteiger charge is 1.81. The summed E-state index contributed by atoms with van der Waals surface area (Å²) in [4.78, 5) is 3.94. The van der Waals surface area contributed by atoms with Gasteiger partial charge in [0.15, 0.2) is 0 Å². The molecule has 1 heterocycles. The number of pyridine rings is 1. The second kappa shape index (κ2) is 2.78. The monoisotopic (exact) mass is 125 g/mol. The quantitative estimate of drug-likeness (QED) is 0.518. The van der Waals surface area contributed by atoms with Gasteiger partial charge in [-0.15, -0.1) is 9.24 Å². The van der Waals surface area contributed by atoms with E-state index in [1.165, 1.54) is 5.56 Å². The van der Waals surface area contributed by atoms with E-state index in [0.717, 1.165) is 6.16 Å². The summed E-state index contributed by atoms with van der Waals surface area (Å²) in [7, 11) is 2.65. The SMILES string of the molecule is PCc1cccnc1. The van der Waals surface area contributed by atoms with Crippen LogP contribution in [0.4, 0.5) is 0 Å². The molecule has 0 amide bonds. The van der Waals surface area contributed by atoms with Crippen LogP contribution in [0.25, 0.3) is 0 Å². The summed E-state index contributed by atoms with van der Waals surface area (Å²) in [5.41, 5.74) is 1.26. The maximum Gasteiger partial charge on any atom is 0.0303 e. The number of rotatable bonds is 1. The minimum atomic E-state index is 0.994. The Morgan fingerprint density at radius 2 is 2.50 bits per heavy atom. The van der Waals surface area contributed by atoms with Crippen molar-refractivity contribution in [2.45, 2.75) is 6.16 Å².